The number of rotatable bonds is 2. The Morgan fingerprint density at radius 1 is 0.442 bits per heavy atom. The highest BCUT2D eigenvalue weighted by atomic mass is 32.1. The summed E-state index contributed by atoms with van der Waals surface area (Å²) in [4.78, 5) is 5.22. The lowest BCUT2D eigenvalue weighted by molar-refractivity contribution is 1.25. The van der Waals surface area contributed by atoms with Crippen LogP contribution in [0.5, 0.6) is 0 Å². The van der Waals surface area contributed by atoms with Crippen LogP contribution in [-0.2, 0) is 0 Å². The Morgan fingerprint density at radius 2 is 1.00 bits per heavy atom. The lowest BCUT2D eigenvalue weighted by Gasteiger charge is -2.11. The second kappa shape index (κ2) is 8.74. The van der Waals surface area contributed by atoms with E-state index in [0.29, 0.717) is 0 Å². The van der Waals surface area contributed by atoms with E-state index < -0.39 is 0 Å². The van der Waals surface area contributed by atoms with Crippen LogP contribution in [0.15, 0.2) is 133 Å². The Bertz CT molecular complexity index is 2740. The Morgan fingerprint density at radius 3 is 1.74 bits per heavy atom. The number of hydrogen-bond donors (Lipinski definition) is 0. The second-order valence-corrected chi connectivity index (χ2v) is 13.4. The minimum absolute atomic E-state index is 0.995. The number of nitrogens with zero attached hydrogens (tertiary/aromatic N) is 2. The molecule has 0 saturated heterocycles. The maximum absolute atomic E-state index is 5.22. The zero-order valence-corrected chi connectivity index (χ0v) is 24.5. The summed E-state index contributed by atoms with van der Waals surface area (Å²) in [5.74, 6) is 0. The monoisotopic (exact) mass is 582 g/mol. The van der Waals surface area contributed by atoms with Crippen molar-refractivity contribution in [3.8, 4) is 22.4 Å². The van der Waals surface area contributed by atoms with Crippen molar-refractivity contribution in [2.24, 2.45) is 0 Å². The predicted octanol–water partition coefficient (Wildman–Crippen LogP) is 11.7. The number of hydrogen-bond acceptors (Lipinski definition) is 3. The van der Waals surface area contributed by atoms with E-state index in [1.54, 1.807) is 0 Å². The quantitative estimate of drug-likeness (QED) is 0.198. The van der Waals surface area contributed by atoms with Crippen molar-refractivity contribution in [1.29, 1.82) is 0 Å². The molecule has 0 amide bonds. The van der Waals surface area contributed by atoms with Crippen LogP contribution in [-0.4, -0.2) is 9.38 Å². The van der Waals surface area contributed by atoms with Crippen molar-refractivity contribution < 1.29 is 0 Å². The first-order valence-corrected chi connectivity index (χ1v) is 16.1. The Balaban J connectivity index is 1.25. The second-order valence-electron chi connectivity index (χ2n) is 11.2. The van der Waals surface area contributed by atoms with Gasteiger partial charge in [0, 0.05) is 45.7 Å². The fraction of sp³-hybridized carbons (Fsp3) is 0. The van der Waals surface area contributed by atoms with Gasteiger partial charge in [0.2, 0.25) is 0 Å². The summed E-state index contributed by atoms with van der Waals surface area (Å²) in [6.07, 6.45) is 0. The van der Waals surface area contributed by atoms with Gasteiger partial charge in [-0.1, -0.05) is 78.9 Å². The molecular formula is C39H22N2S2. The first-order valence-electron chi connectivity index (χ1n) is 14.5. The van der Waals surface area contributed by atoms with Gasteiger partial charge in [-0.25, -0.2) is 4.98 Å². The molecule has 0 bridgehead atoms. The Labute approximate surface area is 254 Å². The third-order valence-corrected chi connectivity index (χ3v) is 11.1. The van der Waals surface area contributed by atoms with Gasteiger partial charge in [0.25, 0.3) is 0 Å². The minimum Gasteiger partial charge on any atom is -0.292 e. The molecule has 0 fully saturated rings. The fourth-order valence-electron chi connectivity index (χ4n) is 6.72. The van der Waals surface area contributed by atoms with Crippen molar-refractivity contribution in [2.45, 2.75) is 0 Å². The molecule has 0 radical (unpaired) electrons. The van der Waals surface area contributed by atoms with Gasteiger partial charge >= 0.3 is 0 Å². The van der Waals surface area contributed by atoms with E-state index >= 15 is 0 Å². The molecule has 0 unspecified atom stereocenters. The van der Waals surface area contributed by atoms with Crippen LogP contribution in [0.2, 0.25) is 0 Å². The number of thiophene rings is 2. The van der Waals surface area contributed by atoms with Crippen molar-refractivity contribution >= 4 is 90.5 Å². The van der Waals surface area contributed by atoms with Gasteiger partial charge in [-0.15, -0.1) is 22.7 Å². The van der Waals surface area contributed by atoms with Crippen molar-refractivity contribution in [2.75, 3.05) is 0 Å². The van der Waals surface area contributed by atoms with Gasteiger partial charge in [0.05, 0.1) is 16.7 Å². The summed E-state index contributed by atoms with van der Waals surface area (Å²) < 4.78 is 7.67. The molecule has 0 spiro atoms. The zero-order chi connectivity index (χ0) is 28.1. The van der Waals surface area contributed by atoms with Crippen LogP contribution in [0, 0.1) is 0 Å². The average Bonchev–Trinajstić information content (AvgIpc) is 3.75. The maximum atomic E-state index is 5.22. The van der Waals surface area contributed by atoms with Gasteiger partial charge in [0.15, 0.2) is 0 Å². The van der Waals surface area contributed by atoms with E-state index in [9.17, 15) is 0 Å². The van der Waals surface area contributed by atoms with E-state index in [2.05, 4.69) is 138 Å². The minimum atomic E-state index is 0.995. The van der Waals surface area contributed by atoms with E-state index in [4.69, 9.17) is 4.98 Å². The molecule has 10 rings (SSSR count). The van der Waals surface area contributed by atoms with E-state index in [1.807, 2.05) is 22.7 Å². The third-order valence-electron chi connectivity index (χ3n) is 8.77. The molecule has 43 heavy (non-hydrogen) atoms. The largest absolute Gasteiger partial charge is 0.292 e. The Hall–Kier alpha value is -5.03. The predicted molar refractivity (Wildman–Crippen MR) is 187 cm³/mol. The lowest BCUT2D eigenvalue weighted by atomic mass is 10.0. The lowest BCUT2D eigenvalue weighted by Crippen LogP contribution is -1.94. The zero-order valence-electron chi connectivity index (χ0n) is 22.9. The molecule has 200 valence electrons. The van der Waals surface area contributed by atoms with Gasteiger partial charge in [0.1, 0.15) is 5.65 Å². The van der Waals surface area contributed by atoms with E-state index in [0.717, 1.165) is 27.8 Å². The number of imidazole rings is 1. The molecule has 10 aromatic rings. The normalized spacial score (nSPS) is 12.2. The van der Waals surface area contributed by atoms with Gasteiger partial charge in [-0.2, -0.15) is 0 Å². The molecular weight excluding hydrogens is 561 g/mol. The SMILES string of the molecule is c1ccc2c(c1)cc(-c1ccc3sc4ccccc4c3c1)n1c3cc(-c4ccc5sc6ccccc6c5c4)ccc3nc21. The molecule has 0 N–H and O–H groups in total. The van der Waals surface area contributed by atoms with Crippen LogP contribution >= 0.6 is 22.7 Å². The first-order chi connectivity index (χ1) is 21.3. The molecule has 0 aliphatic rings. The van der Waals surface area contributed by atoms with Crippen LogP contribution in [0.4, 0.5) is 0 Å². The highest BCUT2D eigenvalue weighted by Gasteiger charge is 2.16. The summed E-state index contributed by atoms with van der Waals surface area (Å²) in [7, 11) is 0. The first kappa shape index (κ1) is 23.5. The summed E-state index contributed by atoms with van der Waals surface area (Å²) in [5, 5.41) is 7.63. The fourth-order valence-corrected chi connectivity index (χ4v) is 8.89. The van der Waals surface area contributed by atoms with Crippen LogP contribution in [0.3, 0.4) is 0 Å². The van der Waals surface area contributed by atoms with Crippen LogP contribution < -0.4 is 0 Å². The summed E-state index contributed by atoms with van der Waals surface area (Å²) in [6, 6.07) is 48.9. The summed E-state index contributed by atoms with van der Waals surface area (Å²) in [5.41, 5.74) is 7.90. The molecule has 0 aliphatic carbocycles. The molecule has 0 saturated carbocycles. The van der Waals surface area contributed by atoms with Gasteiger partial charge < -0.3 is 0 Å². The molecule has 4 heteroatoms. The van der Waals surface area contributed by atoms with Crippen molar-refractivity contribution in [1.82, 2.24) is 9.38 Å². The molecule has 0 atom stereocenters. The molecule has 4 heterocycles. The molecule has 2 nitrogen and oxygen atoms in total. The highest BCUT2D eigenvalue weighted by Crippen LogP contribution is 2.40. The number of benzene rings is 6. The number of fused-ring (bicyclic) bond motifs is 11. The van der Waals surface area contributed by atoms with Gasteiger partial charge in [-0.05, 0) is 76.7 Å². The van der Waals surface area contributed by atoms with Crippen molar-refractivity contribution in [3.63, 3.8) is 0 Å². The smallest absolute Gasteiger partial charge is 0.146 e. The van der Waals surface area contributed by atoms with Crippen LogP contribution in [0.25, 0.3) is 90.2 Å². The number of pyridine rings is 1. The van der Waals surface area contributed by atoms with E-state index in [-0.39, 0.29) is 0 Å². The van der Waals surface area contributed by atoms with Crippen LogP contribution in [0.1, 0.15) is 0 Å². The maximum Gasteiger partial charge on any atom is 0.146 e. The van der Waals surface area contributed by atoms with E-state index in [1.165, 1.54) is 62.4 Å². The summed E-state index contributed by atoms with van der Waals surface area (Å²) in [6.45, 7) is 0. The third kappa shape index (κ3) is 3.42. The standard InChI is InChI=1S/C39H22N2S2/c1-2-8-27-25(7-1)22-33(26-15-18-38-31(20-26)29-10-4-6-12-36(29)43-38)41-34-21-24(13-16-32(34)40-39(27)41)23-14-17-37-30(19-23)28-9-3-5-11-35(28)42-37/h1-22H. The topological polar surface area (TPSA) is 17.3 Å². The highest BCUT2D eigenvalue weighted by molar-refractivity contribution is 7.26. The average molecular weight is 583 g/mol. The van der Waals surface area contributed by atoms with Crippen molar-refractivity contribution in [3.05, 3.63) is 133 Å². The van der Waals surface area contributed by atoms with Gasteiger partial charge in [-0.3, -0.25) is 4.40 Å². The molecule has 4 aromatic heterocycles. The Kier molecular flexibility index (Phi) is 4.78. The summed E-state index contributed by atoms with van der Waals surface area (Å²) >= 11 is 3.72. The molecule has 6 aromatic carbocycles. The molecule has 0 aliphatic heterocycles. The number of aromatic nitrogens is 2.